The molecule has 2 bridgehead atoms. The Balaban J connectivity index is 0.000000280. The molecule has 8 fully saturated rings. The van der Waals surface area contributed by atoms with E-state index in [0.29, 0.717) is 23.2 Å². The summed E-state index contributed by atoms with van der Waals surface area (Å²) in [4.78, 5) is 0. The van der Waals surface area contributed by atoms with Crippen LogP contribution in [0.4, 0.5) is 0 Å². The molecule has 258 valence electrons. The predicted octanol–water partition coefficient (Wildman–Crippen LogP) is 2.08. The van der Waals surface area contributed by atoms with E-state index in [4.69, 9.17) is 29.9 Å². The van der Waals surface area contributed by atoms with Gasteiger partial charge in [-0.25, -0.2) is 0 Å². The van der Waals surface area contributed by atoms with Crippen molar-refractivity contribution < 1.29 is 50.0 Å². The second-order valence-corrected chi connectivity index (χ2v) is 18.2. The van der Waals surface area contributed by atoms with Crippen molar-refractivity contribution in [2.75, 3.05) is 6.61 Å². The summed E-state index contributed by atoms with van der Waals surface area (Å²) >= 11 is 0. The van der Waals surface area contributed by atoms with Crippen LogP contribution in [0.3, 0.4) is 0 Å². The third-order valence-electron chi connectivity index (χ3n) is 15.6. The van der Waals surface area contributed by atoms with Crippen LogP contribution in [0.25, 0.3) is 0 Å². The minimum absolute atomic E-state index is 0.0331. The first kappa shape index (κ1) is 33.1. The van der Waals surface area contributed by atoms with E-state index in [9.17, 15) is 15.3 Å². The molecule has 0 amide bonds. The van der Waals surface area contributed by atoms with E-state index in [1.54, 1.807) is 0 Å². The Morgan fingerprint density at radius 3 is 2.07 bits per heavy atom. The van der Waals surface area contributed by atoms with Crippen molar-refractivity contribution >= 4 is 0 Å². The third-order valence-corrected chi connectivity index (χ3v) is 15.6. The predicted molar refractivity (Wildman–Crippen MR) is 162 cm³/mol. The zero-order chi connectivity index (χ0) is 32.9. The van der Waals surface area contributed by atoms with E-state index in [0.717, 1.165) is 38.5 Å². The molecule has 0 aromatic heterocycles. The molecule has 3 spiro atoms. The minimum Gasteiger partial charge on any atom is -0.393 e. The first-order valence-electron chi connectivity index (χ1n) is 17.5. The number of fused-ring (bicyclic) bond motifs is 4. The topological polar surface area (TPSA) is 169 Å². The summed E-state index contributed by atoms with van der Waals surface area (Å²) < 4.78 is 18.0. The highest BCUT2D eigenvalue weighted by Gasteiger charge is 2.88. The molecule has 5 aliphatic carbocycles. The van der Waals surface area contributed by atoms with E-state index in [-0.39, 0.29) is 46.4 Å². The Morgan fingerprint density at radius 1 is 0.778 bits per heavy atom. The lowest BCUT2D eigenvalue weighted by Gasteiger charge is -2.63. The maximum absolute atomic E-state index is 12.5. The molecule has 8 rings (SSSR count). The second-order valence-electron chi connectivity index (χ2n) is 18.2. The largest absolute Gasteiger partial charge is 0.393 e. The summed E-state index contributed by atoms with van der Waals surface area (Å²) in [7, 11) is 0. The Kier molecular flexibility index (Phi) is 7.25. The van der Waals surface area contributed by atoms with Crippen LogP contribution in [0.15, 0.2) is 0 Å². The summed E-state index contributed by atoms with van der Waals surface area (Å²) in [6.07, 6.45) is 2.13. The molecule has 3 aliphatic heterocycles. The number of aliphatic hydroxyl groups excluding tert-OH is 6. The minimum atomic E-state index is -1.41. The van der Waals surface area contributed by atoms with Crippen molar-refractivity contribution in [3.05, 3.63) is 0 Å². The molecule has 0 unspecified atom stereocenters. The molecular weight excluding hydrogens is 580 g/mol. The van der Waals surface area contributed by atoms with Crippen molar-refractivity contribution in [2.24, 2.45) is 50.7 Å². The monoisotopic (exact) mass is 638 g/mol. The maximum Gasteiger partial charge on any atom is 0.199 e. The molecule has 17 atom stereocenters. The average molecular weight is 639 g/mol. The summed E-state index contributed by atoms with van der Waals surface area (Å²) in [5.74, 6) is 0.523. The number of hydrogen-bond donors (Lipinski definition) is 7. The lowest BCUT2D eigenvalue weighted by molar-refractivity contribution is -0.282. The van der Waals surface area contributed by atoms with Gasteiger partial charge >= 0.3 is 0 Å². The zero-order valence-corrected chi connectivity index (χ0v) is 28.1. The van der Waals surface area contributed by atoms with Crippen LogP contribution < -0.4 is 0 Å². The van der Waals surface area contributed by atoms with E-state index in [1.807, 2.05) is 13.8 Å². The molecule has 10 nitrogen and oxygen atoms in total. The maximum atomic E-state index is 12.5. The van der Waals surface area contributed by atoms with Gasteiger partial charge < -0.3 is 50.0 Å². The van der Waals surface area contributed by atoms with Gasteiger partial charge in [0.1, 0.15) is 30.5 Å². The quantitative estimate of drug-likeness (QED) is 0.226. The normalized spacial score (nSPS) is 60.7. The molecule has 45 heavy (non-hydrogen) atoms. The molecule has 0 aromatic rings. The summed E-state index contributed by atoms with van der Waals surface area (Å²) in [6.45, 7) is 15.3. The van der Waals surface area contributed by atoms with E-state index in [2.05, 4.69) is 39.4 Å². The molecule has 0 radical (unpaired) electrons. The third kappa shape index (κ3) is 3.93. The molecule has 10 heteroatoms. The molecule has 3 saturated heterocycles. The fraction of sp³-hybridized carbons (Fsp3) is 1.00. The molecule has 5 saturated carbocycles. The highest BCUT2D eigenvalue weighted by molar-refractivity contribution is 5.34. The summed E-state index contributed by atoms with van der Waals surface area (Å²) in [5.41, 5.74) is -0.788. The van der Waals surface area contributed by atoms with Crippen molar-refractivity contribution in [3.63, 3.8) is 0 Å². The Hall–Kier alpha value is -0.400. The van der Waals surface area contributed by atoms with Crippen LogP contribution in [0.5, 0.6) is 0 Å². The smallest absolute Gasteiger partial charge is 0.199 e. The van der Waals surface area contributed by atoms with Crippen LogP contribution in [0, 0.1) is 50.7 Å². The van der Waals surface area contributed by atoms with Crippen LogP contribution in [-0.2, 0) is 14.2 Å². The van der Waals surface area contributed by atoms with Gasteiger partial charge in [0.2, 0.25) is 0 Å². The highest BCUT2D eigenvalue weighted by Crippen LogP contribution is 2.90. The first-order valence-corrected chi connectivity index (χ1v) is 17.5. The van der Waals surface area contributed by atoms with Crippen molar-refractivity contribution in [1.82, 2.24) is 0 Å². The highest BCUT2D eigenvalue weighted by atomic mass is 16.8. The summed E-state index contributed by atoms with van der Waals surface area (Å²) in [6, 6.07) is 0. The van der Waals surface area contributed by atoms with Crippen molar-refractivity contribution in [3.8, 4) is 0 Å². The van der Waals surface area contributed by atoms with Gasteiger partial charge in [-0.15, -0.1) is 0 Å². The number of ether oxygens (including phenoxy) is 3. The van der Waals surface area contributed by atoms with Gasteiger partial charge in [0.15, 0.2) is 12.1 Å². The van der Waals surface area contributed by atoms with Gasteiger partial charge in [-0.05, 0) is 105 Å². The van der Waals surface area contributed by atoms with E-state index >= 15 is 0 Å². The molecular formula is C35H58O10. The van der Waals surface area contributed by atoms with Gasteiger partial charge in [0.25, 0.3) is 0 Å². The standard InChI is InChI=1S/C30H48O5.C5H10O5/c1-16-14-17-22(25(4,5)33)35-30(34-17)21(16)26(6)12-13-29-15-28(29)11-10-20(31)24(2,3)18(28)8-9-19(29)27(26,7)23(30)32;6-2-1-10-5(9)4(8)3(2)7/h16-23,31-33H,8-15H2,1-7H3;2-9H,1H2/t16-,17-,18+,19+,20+,21-,22+,23-,26-,27-,28-,29+,30+;2-,3+,4-,5-/m11/s1. The lowest BCUT2D eigenvalue weighted by Crippen LogP contribution is -2.60. The fourth-order valence-electron chi connectivity index (χ4n) is 13.5. The Morgan fingerprint density at radius 2 is 1.42 bits per heavy atom. The molecule has 7 N–H and O–H groups in total. The van der Waals surface area contributed by atoms with Crippen LogP contribution >= 0.6 is 0 Å². The van der Waals surface area contributed by atoms with Crippen LogP contribution in [-0.4, -0.2) is 103 Å². The van der Waals surface area contributed by atoms with Crippen molar-refractivity contribution in [1.29, 1.82) is 0 Å². The van der Waals surface area contributed by atoms with Gasteiger partial charge in [-0.1, -0.05) is 34.6 Å². The van der Waals surface area contributed by atoms with E-state index in [1.165, 1.54) is 12.8 Å². The summed E-state index contributed by atoms with van der Waals surface area (Å²) in [5, 5.41) is 69.6. The zero-order valence-electron chi connectivity index (χ0n) is 28.1. The Bertz CT molecular complexity index is 1180. The van der Waals surface area contributed by atoms with Crippen LogP contribution in [0.2, 0.25) is 0 Å². The fourth-order valence-corrected chi connectivity index (χ4v) is 13.5. The van der Waals surface area contributed by atoms with Gasteiger partial charge in [0, 0.05) is 11.3 Å². The first-order chi connectivity index (χ1) is 20.7. The SMILES string of the molecule is C[C@@H]1C[C@H]2O[C@@]3(O[C@@H]2C(C)(C)O)[C@H](O)[C@@]2(C)[C@@H]4CC[C@H]5C(C)(C)[C@@H](O)CC[C@@]56C[C@@]46CC[C@]2(C)[C@@H]13.O[C@@H]1[C@@H](O)[C@H](O)OC[C@H]1O. The Labute approximate surface area is 267 Å². The lowest BCUT2D eigenvalue weighted by atomic mass is 9.41. The second kappa shape index (κ2) is 9.86. The van der Waals surface area contributed by atoms with Crippen molar-refractivity contribution in [2.45, 2.75) is 160 Å². The molecule has 8 aliphatic rings. The average Bonchev–Trinajstić information content (AvgIpc) is 3.48. The number of hydrogen-bond acceptors (Lipinski definition) is 10. The van der Waals surface area contributed by atoms with Crippen LogP contribution in [0.1, 0.15) is 99.8 Å². The van der Waals surface area contributed by atoms with Gasteiger partial charge in [-0.2, -0.15) is 0 Å². The molecule has 3 heterocycles. The van der Waals surface area contributed by atoms with E-state index < -0.39 is 48.2 Å². The van der Waals surface area contributed by atoms with Gasteiger partial charge in [-0.3, -0.25) is 0 Å². The number of aliphatic hydroxyl groups is 7. The number of rotatable bonds is 1. The molecule has 0 aromatic carbocycles. The van der Waals surface area contributed by atoms with Gasteiger partial charge in [0.05, 0.1) is 24.4 Å².